The van der Waals surface area contributed by atoms with Gasteiger partial charge in [-0.05, 0) is 49.1 Å². The first-order chi connectivity index (χ1) is 19.2. The molecule has 0 radical (unpaired) electrons. The zero-order valence-electron chi connectivity index (χ0n) is 21.4. The molecule has 2 aliphatic heterocycles. The Hall–Kier alpha value is -4.54. The Balaban J connectivity index is 1.27. The highest BCUT2D eigenvalue weighted by atomic mass is 19.2. The lowest BCUT2D eigenvalue weighted by atomic mass is 10.0. The van der Waals surface area contributed by atoms with E-state index in [0.717, 1.165) is 12.1 Å². The highest BCUT2D eigenvalue weighted by molar-refractivity contribution is 6.02. The third kappa shape index (κ3) is 4.31. The van der Waals surface area contributed by atoms with Gasteiger partial charge >= 0.3 is 0 Å². The average molecular weight is 550 g/mol. The monoisotopic (exact) mass is 549 g/mol. The van der Waals surface area contributed by atoms with Gasteiger partial charge in [-0.15, -0.1) is 0 Å². The lowest BCUT2D eigenvalue weighted by Gasteiger charge is -2.37. The number of anilines is 1. The Morgan fingerprint density at radius 2 is 1.70 bits per heavy atom. The Bertz CT molecular complexity index is 1620. The lowest BCUT2D eigenvalue weighted by Crippen LogP contribution is -2.48. The predicted molar refractivity (Wildman–Crippen MR) is 138 cm³/mol. The van der Waals surface area contributed by atoms with Gasteiger partial charge in [0.1, 0.15) is 5.82 Å². The standard InChI is InChI=1S/C29H23F4N5O2/c1-16-4-5-17-11-25(39)37(28(17)26(16)32)19-6-9-36(10-7-19)29(40)23-14-24(18-3-2-8-34-15-18)38(35-23)20-12-21(30)27(33)22(31)13-20/h2-5,8,12-15,19H,6-7,9-11H2,1H3. The summed E-state index contributed by atoms with van der Waals surface area (Å²) in [4.78, 5) is 33.5. The summed E-state index contributed by atoms with van der Waals surface area (Å²) < 4.78 is 57.9. The molecule has 0 bridgehead atoms. The Labute approximate surface area is 226 Å². The van der Waals surface area contributed by atoms with Crippen LogP contribution in [0.1, 0.15) is 34.5 Å². The van der Waals surface area contributed by atoms with E-state index in [9.17, 15) is 27.2 Å². The van der Waals surface area contributed by atoms with Crippen LogP contribution in [0.2, 0.25) is 0 Å². The van der Waals surface area contributed by atoms with Crippen LogP contribution in [-0.4, -0.2) is 50.6 Å². The number of carbonyl (C=O) groups is 2. The van der Waals surface area contributed by atoms with E-state index in [4.69, 9.17) is 0 Å². The molecular formula is C29H23F4N5O2. The van der Waals surface area contributed by atoms with Gasteiger partial charge in [0.15, 0.2) is 23.1 Å². The maximum atomic E-state index is 15.0. The summed E-state index contributed by atoms with van der Waals surface area (Å²) in [5.74, 6) is -5.36. The predicted octanol–water partition coefficient (Wildman–Crippen LogP) is 4.99. The summed E-state index contributed by atoms with van der Waals surface area (Å²) in [6.07, 6.45) is 4.08. The van der Waals surface area contributed by atoms with E-state index >= 15 is 0 Å². The molecule has 2 aliphatic rings. The molecule has 0 N–H and O–H groups in total. The van der Waals surface area contributed by atoms with Crippen LogP contribution in [0.25, 0.3) is 16.9 Å². The minimum Gasteiger partial charge on any atom is -0.337 e. The molecule has 11 heteroatoms. The zero-order valence-corrected chi connectivity index (χ0v) is 21.4. The fourth-order valence-corrected chi connectivity index (χ4v) is 5.42. The molecule has 0 unspecified atom stereocenters. The largest absolute Gasteiger partial charge is 0.337 e. The maximum Gasteiger partial charge on any atom is 0.274 e. The quantitative estimate of drug-likeness (QED) is 0.266. The van der Waals surface area contributed by atoms with E-state index in [2.05, 4.69) is 10.1 Å². The molecule has 0 saturated carbocycles. The van der Waals surface area contributed by atoms with E-state index in [1.54, 1.807) is 42.3 Å². The number of pyridine rings is 1. The van der Waals surface area contributed by atoms with E-state index in [1.807, 2.05) is 0 Å². The molecule has 4 aromatic rings. The summed E-state index contributed by atoms with van der Waals surface area (Å²) >= 11 is 0. The smallest absolute Gasteiger partial charge is 0.274 e. The van der Waals surface area contributed by atoms with Gasteiger partial charge in [-0.3, -0.25) is 14.6 Å². The maximum absolute atomic E-state index is 15.0. The number of hydrogen-bond acceptors (Lipinski definition) is 4. The summed E-state index contributed by atoms with van der Waals surface area (Å²) in [7, 11) is 0. The molecule has 0 spiro atoms. The lowest BCUT2D eigenvalue weighted by molar-refractivity contribution is -0.118. The van der Waals surface area contributed by atoms with Crippen LogP contribution >= 0.6 is 0 Å². The summed E-state index contributed by atoms with van der Waals surface area (Å²) in [6, 6.07) is 9.63. The van der Waals surface area contributed by atoms with Crippen molar-refractivity contribution in [3.05, 3.63) is 94.9 Å². The molecular weight excluding hydrogens is 526 g/mol. The number of fused-ring (bicyclic) bond motifs is 1. The number of nitrogens with zero attached hydrogens (tertiary/aromatic N) is 5. The second-order valence-electron chi connectivity index (χ2n) is 9.96. The summed E-state index contributed by atoms with van der Waals surface area (Å²) in [5, 5.41) is 4.33. The van der Waals surface area contributed by atoms with Gasteiger partial charge in [0, 0.05) is 49.2 Å². The molecule has 2 aromatic heterocycles. The molecule has 0 atom stereocenters. The normalized spacial score (nSPS) is 15.6. The summed E-state index contributed by atoms with van der Waals surface area (Å²) in [5.41, 5.74) is 2.24. The van der Waals surface area contributed by atoms with Crippen LogP contribution in [0.3, 0.4) is 0 Å². The molecule has 4 heterocycles. The molecule has 7 nitrogen and oxygen atoms in total. The molecule has 2 aromatic carbocycles. The molecule has 1 saturated heterocycles. The fraction of sp³-hybridized carbons (Fsp3) is 0.241. The van der Waals surface area contributed by atoms with Gasteiger partial charge in [-0.2, -0.15) is 5.10 Å². The van der Waals surface area contributed by atoms with Gasteiger partial charge < -0.3 is 9.80 Å². The van der Waals surface area contributed by atoms with E-state index < -0.39 is 29.2 Å². The molecule has 204 valence electrons. The molecule has 2 amide bonds. The van der Waals surface area contributed by atoms with Crippen molar-refractivity contribution in [1.29, 1.82) is 0 Å². The number of carbonyl (C=O) groups excluding carboxylic acids is 2. The Morgan fingerprint density at radius 1 is 0.975 bits per heavy atom. The highest BCUT2D eigenvalue weighted by Crippen LogP contribution is 2.37. The third-order valence-electron chi connectivity index (χ3n) is 7.46. The van der Waals surface area contributed by atoms with Crippen molar-refractivity contribution >= 4 is 17.5 Å². The topological polar surface area (TPSA) is 71.3 Å². The van der Waals surface area contributed by atoms with E-state index in [0.29, 0.717) is 54.0 Å². The van der Waals surface area contributed by atoms with Crippen molar-refractivity contribution in [3.63, 3.8) is 0 Å². The summed E-state index contributed by atoms with van der Waals surface area (Å²) in [6.45, 7) is 2.25. The number of rotatable bonds is 4. The first-order valence-electron chi connectivity index (χ1n) is 12.8. The number of likely N-dealkylation sites (tertiary alicyclic amines) is 1. The van der Waals surface area contributed by atoms with E-state index in [1.165, 1.54) is 21.8 Å². The van der Waals surface area contributed by atoms with Crippen molar-refractivity contribution < 1.29 is 27.2 Å². The first kappa shape index (κ1) is 25.7. The average Bonchev–Trinajstić information content (AvgIpc) is 3.55. The number of halogens is 4. The van der Waals surface area contributed by atoms with Gasteiger partial charge in [0.25, 0.3) is 5.91 Å². The van der Waals surface area contributed by atoms with Crippen molar-refractivity contribution in [2.24, 2.45) is 0 Å². The minimum atomic E-state index is -1.60. The van der Waals surface area contributed by atoms with Crippen LogP contribution in [-0.2, 0) is 11.2 Å². The van der Waals surface area contributed by atoms with Crippen molar-refractivity contribution in [2.75, 3.05) is 18.0 Å². The second kappa shape index (κ2) is 9.89. The number of hydrogen-bond donors (Lipinski definition) is 0. The molecule has 6 rings (SSSR count). The third-order valence-corrected chi connectivity index (χ3v) is 7.46. The Morgan fingerprint density at radius 3 is 2.38 bits per heavy atom. The zero-order chi connectivity index (χ0) is 28.1. The van der Waals surface area contributed by atoms with Crippen LogP contribution < -0.4 is 4.90 Å². The highest BCUT2D eigenvalue weighted by Gasteiger charge is 2.38. The molecule has 1 fully saturated rings. The first-order valence-corrected chi connectivity index (χ1v) is 12.8. The van der Waals surface area contributed by atoms with E-state index in [-0.39, 0.29) is 29.8 Å². The number of amides is 2. The van der Waals surface area contributed by atoms with Crippen molar-refractivity contribution in [3.8, 4) is 16.9 Å². The number of aromatic nitrogens is 3. The van der Waals surface area contributed by atoms with Gasteiger partial charge in [0.2, 0.25) is 5.91 Å². The minimum absolute atomic E-state index is 0.0201. The van der Waals surface area contributed by atoms with Gasteiger partial charge in [0.05, 0.1) is 23.5 Å². The number of aryl methyl sites for hydroxylation is 1. The van der Waals surface area contributed by atoms with Crippen LogP contribution in [0, 0.1) is 30.2 Å². The molecule has 0 aliphatic carbocycles. The van der Waals surface area contributed by atoms with Crippen LogP contribution in [0.15, 0.2) is 54.9 Å². The second-order valence-corrected chi connectivity index (χ2v) is 9.96. The number of piperidine rings is 1. The fourth-order valence-electron chi connectivity index (χ4n) is 5.42. The van der Waals surface area contributed by atoms with Crippen molar-refractivity contribution in [1.82, 2.24) is 19.7 Å². The van der Waals surface area contributed by atoms with Gasteiger partial charge in [-0.25, -0.2) is 22.2 Å². The van der Waals surface area contributed by atoms with Crippen molar-refractivity contribution in [2.45, 2.75) is 32.2 Å². The molecule has 40 heavy (non-hydrogen) atoms. The number of benzene rings is 2. The van der Waals surface area contributed by atoms with Crippen LogP contribution in [0.5, 0.6) is 0 Å². The Kier molecular flexibility index (Phi) is 6.36. The SMILES string of the molecule is Cc1ccc2c(c1F)N(C1CCN(C(=O)c3cc(-c4cccnc4)n(-c4cc(F)c(F)c(F)c4)n3)CC1)C(=O)C2. The van der Waals surface area contributed by atoms with Crippen LogP contribution in [0.4, 0.5) is 23.2 Å². The van der Waals surface area contributed by atoms with Gasteiger partial charge in [-0.1, -0.05) is 12.1 Å².